The standard InChI is InChI=1S/C14H14F3N3/c1-9-19-8-7-12(20-9)13(18-2)10-3-5-11(6-4-10)14(15,16)17/h3-8,13,18H,1-2H3. The van der Waals surface area contributed by atoms with E-state index in [1.165, 1.54) is 12.1 Å². The number of hydrogen-bond donors (Lipinski definition) is 1. The Hall–Kier alpha value is -1.95. The summed E-state index contributed by atoms with van der Waals surface area (Å²) in [5.74, 6) is 0.620. The zero-order valence-corrected chi connectivity index (χ0v) is 11.1. The Morgan fingerprint density at radius 3 is 2.25 bits per heavy atom. The predicted octanol–water partition coefficient (Wildman–Crippen LogP) is 3.11. The van der Waals surface area contributed by atoms with Crippen molar-refractivity contribution in [3.05, 3.63) is 59.2 Å². The molecule has 106 valence electrons. The monoisotopic (exact) mass is 281 g/mol. The second kappa shape index (κ2) is 5.58. The normalized spacial score (nSPS) is 13.2. The van der Waals surface area contributed by atoms with Gasteiger partial charge in [-0.05, 0) is 37.7 Å². The molecule has 0 aliphatic carbocycles. The minimum Gasteiger partial charge on any atom is -0.308 e. The van der Waals surface area contributed by atoms with Crippen molar-refractivity contribution in [2.45, 2.75) is 19.1 Å². The van der Waals surface area contributed by atoms with Crippen molar-refractivity contribution in [1.29, 1.82) is 0 Å². The Labute approximate surface area is 114 Å². The van der Waals surface area contributed by atoms with Gasteiger partial charge in [-0.2, -0.15) is 13.2 Å². The van der Waals surface area contributed by atoms with Gasteiger partial charge in [0.2, 0.25) is 0 Å². The molecule has 0 bridgehead atoms. The number of benzene rings is 1. The maximum atomic E-state index is 12.5. The van der Waals surface area contributed by atoms with Crippen LogP contribution in [0.1, 0.15) is 28.7 Å². The SMILES string of the molecule is CNC(c1ccc(C(F)(F)F)cc1)c1ccnc(C)n1. The summed E-state index contributed by atoms with van der Waals surface area (Å²) in [6.07, 6.45) is -2.69. The lowest BCUT2D eigenvalue weighted by atomic mass is 10.0. The molecule has 6 heteroatoms. The van der Waals surface area contributed by atoms with E-state index in [-0.39, 0.29) is 6.04 Å². The number of aryl methyl sites for hydroxylation is 1. The van der Waals surface area contributed by atoms with Crippen molar-refractivity contribution < 1.29 is 13.2 Å². The molecule has 0 fully saturated rings. The highest BCUT2D eigenvalue weighted by Crippen LogP contribution is 2.30. The summed E-state index contributed by atoms with van der Waals surface area (Å²) < 4.78 is 37.6. The van der Waals surface area contributed by atoms with E-state index in [0.29, 0.717) is 5.82 Å². The highest BCUT2D eigenvalue weighted by molar-refractivity contribution is 5.31. The Morgan fingerprint density at radius 1 is 1.10 bits per heavy atom. The molecule has 1 heterocycles. The first-order chi connectivity index (χ1) is 9.41. The molecule has 0 saturated carbocycles. The average Bonchev–Trinajstić information content (AvgIpc) is 2.39. The van der Waals surface area contributed by atoms with Gasteiger partial charge in [0.25, 0.3) is 0 Å². The smallest absolute Gasteiger partial charge is 0.308 e. The first-order valence-corrected chi connectivity index (χ1v) is 6.06. The fourth-order valence-electron chi connectivity index (χ4n) is 1.99. The zero-order chi connectivity index (χ0) is 14.8. The number of alkyl halides is 3. The molecule has 0 amide bonds. The van der Waals surface area contributed by atoms with E-state index in [0.717, 1.165) is 23.4 Å². The maximum Gasteiger partial charge on any atom is 0.416 e. The third kappa shape index (κ3) is 3.14. The quantitative estimate of drug-likeness (QED) is 0.939. The fourth-order valence-corrected chi connectivity index (χ4v) is 1.99. The van der Waals surface area contributed by atoms with E-state index in [2.05, 4.69) is 15.3 Å². The Balaban J connectivity index is 2.33. The van der Waals surface area contributed by atoms with Crippen LogP contribution >= 0.6 is 0 Å². The van der Waals surface area contributed by atoms with Crippen LogP contribution in [-0.4, -0.2) is 17.0 Å². The topological polar surface area (TPSA) is 37.8 Å². The van der Waals surface area contributed by atoms with Gasteiger partial charge in [0.15, 0.2) is 0 Å². The molecule has 0 aliphatic heterocycles. The van der Waals surface area contributed by atoms with Gasteiger partial charge in [-0.25, -0.2) is 9.97 Å². The number of nitrogens with zero attached hydrogens (tertiary/aromatic N) is 2. The fraction of sp³-hybridized carbons (Fsp3) is 0.286. The largest absolute Gasteiger partial charge is 0.416 e. The summed E-state index contributed by atoms with van der Waals surface area (Å²) >= 11 is 0. The Kier molecular flexibility index (Phi) is 4.04. The van der Waals surface area contributed by atoms with Crippen molar-refractivity contribution in [2.24, 2.45) is 0 Å². The second-order valence-corrected chi connectivity index (χ2v) is 4.37. The lowest BCUT2D eigenvalue weighted by Gasteiger charge is -2.17. The lowest BCUT2D eigenvalue weighted by Crippen LogP contribution is -2.19. The average molecular weight is 281 g/mol. The van der Waals surface area contributed by atoms with Gasteiger partial charge >= 0.3 is 6.18 Å². The first kappa shape index (κ1) is 14.5. The van der Waals surface area contributed by atoms with E-state index in [4.69, 9.17) is 0 Å². The summed E-state index contributed by atoms with van der Waals surface area (Å²) in [7, 11) is 1.74. The van der Waals surface area contributed by atoms with Crippen molar-refractivity contribution in [2.75, 3.05) is 7.05 Å². The first-order valence-electron chi connectivity index (χ1n) is 6.06. The molecule has 1 aromatic heterocycles. The number of hydrogen-bond acceptors (Lipinski definition) is 3. The predicted molar refractivity (Wildman–Crippen MR) is 69.1 cm³/mol. The lowest BCUT2D eigenvalue weighted by molar-refractivity contribution is -0.137. The van der Waals surface area contributed by atoms with E-state index in [1.54, 1.807) is 26.2 Å². The molecule has 20 heavy (non-hydrogen) atoms. The summed E-state index contributed by atoms with van der Waals surface area (Å²) in [5, 5.41) is 3.05. The van der Waals surface area contributed by atoms with Gasteiger partial charge < -0.3 is 5.32 Å². The maximum absolute atomic E-state index is 12.5. The number of halogens is 3. The third-order valence-corrected chi connectivity index (χ3v) is 2.95. The molecule has 1 aromatic carbocycles. The van der Waals surface area contributed by atoms with Crippen LogP contribution in [0.3, 0.4) is 0 Å². The Bertz CT molecular complexity index is 579. The molecule has 0 saturated heterocycles. The van der Waals surface area contributed by atoms with Gasteiger partial charge in [0.05, 0.1) is 17.3 Å². The van der Waals surface area contributed by atoms with Crippen molar-refractivity contribution >= 4 is 0 Å². The number of rotatable bonds is 3. The molecule has 1 unspecified atom stereocenters. The van der Waals surface area contributed by atoms with Crippen LogP contribution in [0.25, 0.3) is 0 Å². The third-order valence-electron chi connectivity index (χ3n) is 2.95. The van der Waals surface area contributed by atoms with Crippen LogP contribution in [0, 0.1) is 6.92 Å². The van der Waals surface area contributed by atoms with Crippen LogP contribution in [0.5, 0.6) is 0 Å². The summed E-state index contributed by atoms with van der Waals surface area (Å²) in [4.78, 5) is 8.31. The summed E-state index contributed by atoms with van der Waals surface area (Å²) in [6.45, 7) is 1.77. The molecule has 2 aromatic rings. The van der Waals surface area contributed by atoms with Crippen LogP contribution < -0.4 is 5.32 Å². The molecule has 0 radical (unpaired) electrons. The van der Waals surface area contributed by atoms with Gasteiger partial charge in [-0.1, -0.05) is 12.1 Å². The number of aromatic nitrogens is 2. The van der Waals surface area contributed by atoms with Crippen LogP contribution in [0.2, 0.25) is 0 Å². The molecule has 1 atom stereocenters. The highest BCUT2D eigenvalue weighted by Gasteiger charge is 2.30. The molecule has 3 nitrogen and oxygen atoms in total. The minimum atomic E-state index is -4.32. The summed E-state index contributed by atoms with van der Waals surface area (Å²) in [6, 6.07) is 6.55. The molecule has 2 rings (SSSR count). The minimum absolute atomic E-state index is 0.265. The molecule has 0 aliphatic rings. The van der Waals surface area contributed by atoms with Gasteiger partial charge in [-0.15, -0.1) is 0 Å². The van der Waals surface area contributed by atoms with Crippen LogP contribution in [0.4, 0.5) is 13.2 Å². The number of nitrogens with one attached hydrogen (secondary N) is 1. The van der Waals surface area contributed by atoms with Crippen LogP contribution in [0.15, 0.2) is 36.5 Å². The zero-order valence-electron chi connectivity index (χ0n) is 11.1. The molecular weight excluding hydrogens is 267 g/mol. The second-order valence-electron chi connectivity index (χ2n) is 4.37. The Morgan fingerprint density at radius 2 is 1.75 bits per heavy atom. The van der Waals surface area contributed by atoms with Crippen LogP contribution in [-0.2, 0) is 6.18 Å². The summed E-state index contributed by atoms with van der Waals surface area (Å²) in [5.41, 5.74) is 0.785. The van der Waals surface area contributed by atoms with E-state index >= 15 is 0 Å². The van der Waals surface area contributed by atoms with Gasteiger partial charge in [-0.3, -0.25) is 0 Å². The van der Waals surface area contributed by atoms with Crippen molar-refractivity contribution in [1.82, 2.24) is 15.3 Å². The van der Waals surface area contributed by atoms with Crippen molar-refractivity contribution in [3.63, 3.8) is 0 Å². The van der Waals surface area contributed by atoms with Gasteiger partial charge in [0.1, 0.15) is 5.82 Å². The van der Waals surface area contributed by atoms with E-state index in [1.807, 2.05) is 0 Å². The molecule has 0 spiro atoms. The highest BCUT2D eigenvalue weighted by atomic mass is 19.4. The molecular formula is C14H14F3N3. The van der Waals surface area contributed by atoms with Gasteiger partial charge in [0, 0.05) is 6.20 Å². The molecule has 1 N–H and O–H groups in total. The van der Waals surface area contributed by atoms with Crippen molar-refractivity contribution in [3.8, 4) is 0 Å². The van der Waals surface area contributed by atoms with E-state index in [9.17, 15) is 13.2 Å². The van der Waals surface area contributed by atoms with E-state index < -0.39 is 11.7 Å².